The lowest BCUT2D eigenvalue weighted by Gasteiger charge is -2.29. The topological polar surface area (TPSA) is 87.7 Å². The van der Waals surface area contributed by atoms with Gasteiger partial charge in [0, 0.05) is 12.2 Å². The molecule has 0 radical (unpaired) electrons. The number of urea groups is 1. The Hall–Kier alpha value is -2.74. The first-order chi connectivity index (χ1) is 12.9. The lowest BCUT2D eigenvalue weighted by molar-refractivity contribution is 0.262. The van der Waals surface area contributed by atoms with Crippen molar-refractivity contribution in [2.45, 2.75) is 19.8 Å². The molecule has 0 spiro atoms. The van der Waals surface area contributed by atoms with Crippen LogP contribution in [0, 0.1) is 0 Å². The predicted molar refractivity (Wildman–Crippen MR) is 107 cm³/mol. The van der Waals surface area contributed by atoms with E-state index < -0.39 is 16.1 Å². The zero-order chi connectivity index (χ0) is 19.4. The highest BCUT2D eigenvalue weighted by Gasteiger charge is 2.24. The third-order valence-electron chi connectivity index (χ3n) is 4.25. The molecule has 1 aliphatic heterocycles. The molecule has 0 saturated heterocycles. The van der Waals surface area contributed by atoms with Crippen LogP contribution in [0.2, 0.25) is 0 Å². The first kappa shape index (κ1) is 19.0. The van der Waals surface area contributed by atoms with Crippen LogP contribution < -0.4 is 19.7 Å². The van der Waals surface area contributed by atoms with Crippen molar-refractivity contribution in [3.63, 3.8) is 0 Å². The number of hydrogen-bond donors (Lipinski definition) is 2. The number of sulfonamides is 1. The molecule has 0 fully saturated rings. The first-order valence-corrected chi connectivity index (χ1v) is 10.6. The molecule has 0 aromatic heterocycles. The second kappa shape index (κ2) is 7.87. The van der Waals surface area contributed by atoms with Crippen molar-refractivity contribution in [1.29, 1.82) is 0 Å². The molecular weight excluding hydrogens is 366 g/mol. The van der Waals surface area contributed by atoms with Crippen LogP contribution in [0.3, 0.4) is 0 Å². The van der Waals surface area contributed by atoms with E-state index in [9.17, 15) is 13.2 Å². The molecule has 1 heterocycles. The van der Waals surface area contributed by atoms with Gasteiger partial charge in [-0.15, -0.1) is 0 Å². The highest BCUT2D eigenvalue weighted by Crippen LogP contribution is 2.32. The molecule has 8 heteroatoms. The van der Waals surface area contributed by atoms with Crippen LogP contribution in [0.5, 0.6) is 5.75 Å². The second-order valence-corrected chi connectivity index (χ2v) is 8.20. The van der Waals surface area contributed by atoms with Crippen molar-refractivity contribution in [2.24, 2.45) is 0 Å². The molecule has 0 saturated carbocycles. The summed E-state index contributed by atoms with van der Waals surface area (Å²) < 4.78 is 31.0. The number of rotatable bonds is 5. The molecular formula is C19H23N3O4S. The van der Waals surface area contributed by atoms with Crippen LogP contribution >= 0.6 is 0 Å². The van der Waals surface area contributed by atoms with Gasteiger partial charge in [0.2, 0.25) is 10.0 Å². The van der Waals surface area contributed by atoms with Gasteiger partial charge in [-0.05, 0) is 49.6 Å². The maximum absolute atomic E-state index is 12.4. The molecule has 0 atom stereocenters. The van der Waals surface area contributed by atoms with Crippen LogP contribution in [-0.2, 0) is 16.4 Å². The number of fused-ring (bicyclic) bond motifs is 1. The molecule has 3 rings (SSSR count). The van der Waals surface area contributed by atoms with Gasteiger partial charge in [0.15, 0.2) is 0 Å². The lowest BCUT2D eigenvalue weighted by atomic mass is 10.0. The molecule has 7 nitrogen and oxygen atoms in total. The summed E-state index contributed by atoms with van der Waals surface area (Å²) in [6, 6.07) is 12.1. The van der Waals surface area contributed by atoms with E-state index in [4.69, 9.17) is 4.74 Å². The van der Waals surface area contributed by atoms with Crippen LogP contribution in [0.15, 0.2) is 42.5 Å². The normalized spacial score (nSPS) is 13.6. The molecule has 27 heavy (non-hydrogen) atoms. The zero-order valence-electron chi connectivity index (χ0n) is 15.4. The molecule has 2 aromatic carbocycles. The van der Waals surface area contributed by atoms with Gasteiger partial charge in [0.1, 0.15) is 5.75 Å². The van der Waals surface area contributed by atoms with Crippen molar-refractivity contribution < 1.29 is 17.9 Å². The standard InChI is InChI=1S/C19H23N3O4S/c1-3-26-18-9-5-4-8-16(18)21-19(23)20-15-11-10-14-7-6-12-22(17(14)13-15)27(2,24)25/h4-5,8-11,13H,3,6-7,12H2,1-2H3,(H2,20,21,23). The van der Waals surface area contributed by atoms with Crippen LogP contribution in [0.25, 0.3) is 0 Å². The first-order valence-electron chi connectivity index (χ1n) is 8.79. The third kappa shape index (κ3) is 4.51. The quantitative estimate of drug-likeness (QED) is 0.820. The van der Waals surface area contributed by atoms with Gasteiger partial charge in [0.05, 0.1) is 24.2 Å². The van der Waals surface area contributed by atoms with Crippen molar-refractivity contribution in [2.75, 3.05) is 34.3 Å². The average molecular weight is 389 g/mol. The number of carbonyl (C=O) groups is 1. The van der Waals surface area contributed by atoms with E-state index in [0.717, 1.165) is 18.4 Å². The van der Waals surface area contributed by atoms with Crippen LogP contribution in [0.1, 0.15) is 18.9 Å². The summed E-state index contributed by atoms with van der Waals surface area (Å²) in [6.45, 7) is 2.81. The van der Waals surface area contributed by atoms with Crippen molar-refractivity contribution in [1.82, 2.24) is 0 Å². The minimum atomic E-state index is -3.36. The van der Waals surface area contributed by atoms with E-state index in [2.05, 4.69) is 10.6 Å². The number of nitrogens with one attached hydrogen (secondary N) is 2. The van der Waals surface area contributed by atoms with Gasteiger partial charge in [-0.3, -0.25) is 4.31 Å². The summed E-state index contributed by atoms with van der Waals surface area (Å²) in [5.74, 6) is 0.587. The van der Waals surface area contributed by atoms with Gasteiger partial charge in [-0.2, -0.15) is 0 Å². The molecule has 1 aliphatic rings. The zero-order valence-corrected chi connectivity index (χ0v) is 16.2. The Morgan fingerprint density at radius 3 is 2.70 bits per heavy atom. The molecule has 0 unspecified atom stereocenters. The SMILES string of the molecule is CCOc1ccccc1NC(=O)Nc1ccc2c(c1)N(S(C)(=O)=O)CCC2. The maximum atomic E-state index is 12.4. The van der Waals surface area contributed by atoms with Crippen molar-refractivity contribution >= 4 is 33.1 Å². The van der Waals surface area contributed by atoms with E-state index in [-0.39, 0.29) is 0 Å². The van der Waals surface area contributed by atoms with E-state index in [0.29, 0.717) is 36.0 Å². The molecule has 2 amide bonds. The average Bonchev–Trinajstić information content (AvgIpc) is 2.62. The summed E-state index contributed by atoms with van der Waals surface area (Å²) >= 11 is 0. The Balaban J connectivity index is 1.78. The number of aryl methyl sites for hydroxylation is 1. The van der Waals surface area contributed by atoms with E-state index in [1.54, 1.807) is 30.3 Å². The Kier molecular flexibility index (Phi) is 5.55. The number of ether oxygens (including phenoxy) is 1. The maximum Gasteiger partial charge on any atom is 0.323 e. The van der Waals surface area contributed by atoms with Crippen LogP contribution in [0.4, 0.5) is 21.9 Å². The molecule has 0 bridgehead atoms. The number of anilines is 3. The lowest BCUT2D eigenvalue weighted by Crippen LogP contribution is -2.34. The summed E-state index contributed by atoms with van der Waals surface area (Å²) in [5, 5.41) is 5.51. The van der Waals surface area contributed by atoms with E-state index in [1.807, 2.05) is 19.1 Å². The highest BCUT2D eigenvalue weighted by atomic mass is 32.2. The fourth-order valence-electron chi connectivity index (χ4n) is 3.10. The molecule has 2 aromatic rings. The smallest absolute Gasteiger partial charge is 0.323 e. The fourth-order valence-corrected chi connectivity index (χ4v) is 4.09. The van der Waals surface area contributed by atoms with Crippen molar-refractivity contribution in [3.8, 4) is 5.75 Å². The summed E-state index contributed by atoms with van der Waals surface area (Å²) in [4.78, 5) is 12.4. The van der Waals surface area contributed by atoms with Crippen molar-refractivity contribution in [3.05, 3.63) is 48.0 Å². The Bertz CT molecular complexity index is 944. The van der Waals surface area contributed by atoms with Gasteiger partial charge in [-0.25, -0.2) is 13.2 Å². The molecule has 0 aliphatic carbocycles. The Labute approximate surface area is 159 Å². The largest absolute Gasteiger partial charge is 0.492 e. The van der Waals surface area contributed by atoms with E-state index in [1.165, 1.54) is 10.6 Å². The summed E-state index contributed by atoms with van der Waals surface area (Å²) in [6.07, 6.45) is 2.79. The predicted octanol–water partition coefficient (Wildman–Crippen LogP) is 3.44. The Morgan fingerprint density at radius 2 is 1.96 bits per heavy atom. The van der Waals surface area contributed by atoms with E-state index >= 15 is 0 Å². The number of carbonyl (C=O) groups excluding carboxylic acids is 1. The van der Waals surface area contributed by atoms with Gasteiger partial charge in [0.25, 0.3) is 0 Å². The van der Waals surface area contributed by atoms with Crippen LogP contribution in [-0.4, -0.2) is 33.9 Å². The van der Waals surface area contributed by atoms with Gasteiger partial charge in [-0.1, -0.05) is 18.2 Å². The number of nitrogens with zero attached hydrogens (tertiary/aromatic N) is 1. The minimum Gasteiger partial charge on any atom is -0.492 e. The number of hydrogen-bond acceptors (Lipinski definition) is 4. The van der Waals surface area contributed by atoms with Gasteiger partial charge < -0.3 is 15.4 Å². The molecule has 2 N–H and O–H groups in total. The number of amides is 2. The highest BCUT2D eigenvalue weighted by molar-refractivity contribution is 7.92. The monoisotopic (exact) mass is 389 g/mol. The Morgan fingerprint density at radius 1 is 1.19 bits per heavy atom. The number of benzene rings is 2. The molecule has 144 valence electrons. The van der Waals surface area contributed by atoms with Gasteiger partial charge >= 0.3 is 6.03 Å². The third-order valence-corrected chi connectivity index (χ3v) is 5.43. The second-order valence-electron chi connectivity index (χ2n) is 6.29. The summed E-state index contributed by atoms with van der Waals surface area (Å²) in [5.41, 5.74) is 2.67. The fraction of sp³-hybridized carbons (Fsp3) is 0.316. The summed E-state index contributed by atoms with van der Waals surface area (Å²) in [7, 11) is -3.36. The number of para-hydroxylation sites is 2. The minimum absolute atomic E-state index is 0.427.